The number of aromatic hydroxyl groups is 6. The fourth-order valence-electron chi connectivity index (χ4n) is 6.56. The van der Waals surface area contributed by atoms with E-state index >= 15 is 0 Å². The second-order valence-electron chi connectivity index (χ2n) is 12.3. The molecule has 51 heavy (non-hydrogen) atoms. The Morgan fingerprint density at radius 3 is 1.96 bits per heavy atom. The maximum absolute atomic E-state index is 12.0. The van der Waals surface area contributed by atoms with Crippen molar-refractivity contribution in [1.29, 1.82) is 0 Å². The highest BCUT2D eigenvalue weighted by Gasteiger charge is 2.48. The third-order valence-corrected chi connectivity index (χ3v) is 9.09. The Labute approximate surface area is 287 Å². The Balaban J connectivity index is 1.45. The third kappa shape index (κ3) is 5.91. The minimum Gasteiger partial charge on any atom is -0.508 e. The van der Waals surface area contributed by atoms with Gasteiger partial charge in [0, 0.05) is 29.8 Å². The number of hydrogen-bond donors (Lipinski definition) is 11. The highest BCUT2D eigenvalue weighted by molar-refractivity contribution is 5.92. The van der Waals surface area contributed by atoms with Crippen molar-refractivity contribution in [1.82, 2.24) is 0 Å². The molecule has 11 N–H and O–H groups in total. The number of aliphatic hydroxyl groups excluding tert-OH is 5. The predicted molar refractivity (Wildman–Crippen MR) is 175 cm³/mol. The molecule has 2 aliphatic heterocycles. The molecule has 7 rings (SSSR count). The number of fused-ring (bicyclic) bond motifs is 2. The van der Waals surface area contributed by atoms with Gasteiger partial charge in [0.1, 0.15) is 81.7 Å². The maximum atomic E-state index is 12.0. The van der Waals surface area contributed by atoms with Gasteiger partial charge in [-0.05, 0) is 42.0 Å². The van der Waals surface area contributed by atoms with Gasteiger partial charge in [-0.3, -0.25) is 0 Å². The van der Waals surface area contributed by atoms with E-state index < -0.39 is 72.7 Å². The zero-order valence-electron chi connectivity index (χ0n) is 26.3. The summed E-state index contributed by atoms with van der Waals surface area (Å²) in [6.07, 6.45) is -11.0. The first-order valence-corrected chi connectivity index (χ1v) is 15.7. The van der Waals surface area contributed by atoms with Gasteiger partial charge in [0.25, 0.3) is 0 Å². The van der Waals surface area contributed by atoms with Gasteiger partial charge >= 0.3 is 11.3 Å². The Bertz CT molecular complexity index is 2080. The number of hydrogen-bond acceptors (Lipinski definition) is 14. The van der Waals surface area contributed by atoms with Crippen LogP contribution in [-0.2, 0) is 4.74 Å². The fraction of sp³-hybridized carbons (Fsp3) is 0.250. The summed E-state index contributed by atoms with van der Waals surface area (Å²) in [6.45, 7) is -0.730. The van der Waals surface area contributed by atoms with Crippen LogP contribution in [-0.4, -0.2) is 99.6 Å². The van der Waals surface area contributed by atoms with Gasteiger partial charge in [-0.25, -0.2) is 4.42 Å². The molecule has 5 aromatic rings. The minimum absolute atomic E-state index is 0.0411. The molecular formula is C36H33O15+. The van der Waals surface area contributed by atoms with Crippen LogP contribution in [0.2, 0.25) is 0 Å². The molecule has 15 nitrogen and oxygen atoms in total. The molecule has 4 aromatic carbocycles. The standard InChI is InChI=1S/C36H32O15/c37-13-25-29(44)31(46)32(47)36(50-25)49-24-11-19-20(41)12-22(43)27(35(19)51-33(24)14-1-5-16(38)6-2-14)28-26-21(42)9-18(40)10-23(26)48-34(30(28)45)15-3-7-17(39)8-4-15/h1-12,25,28-32,34,36-37,44-47H,13H2,(H5-,38,39,40,41,42,43)/p+1/t25-,28?,29-,30-,31+,32-,34-,36-/m1/s1. The van der Waals surface area contributed by atoms with Crippen molar-refractivity contribution >= 4 is 11.0 Å². The first-order valence-electron chi connectivity index (χ1n) is 15.7. The Morgan fingerprint density at radius 2 is 1.29 bits per heavy atom. The lowest BCUT2D eigenvalue weighted by Crippen LogP contribution is -2.60. The molecule has 266 valence electrons. The van der Waals surface area contributed by atoms with Crippen LogP contribution in [0.15, 0.2) is 77.2 Å². The van der Waals surface area contributed by atoms with E-state index in [4.69, 9.17) is 18.6 Å². The lowest BCUT2D eigenvalue weighted by atomic mass is 9.78. The first-order chi connectivity index (χ1) is 24.4. The summed E-state index contributed by atoms with van der Waals surface area (Å²) in [4.78, 5) is 0. The molecule has 0 saturated carbocycles. The topological polar surface area (TPSA) is 262 Å². The number of rotatable bonds is 6. The highest BCUT2D eigenvalue weighted by atomic mass is 16.7. The molecule has 0 amide bonds. The molecular weight excluding hydrogens is 672 g/mol. The van der Waals surface area contributed by atoms with Crippen LogP contribution >= 0.6 is 0 Å². The molecule has 0 bridgehead atoms. The monoisotopic (exact) mass is 705 g/mol. The quantitative estimate of drug-likeness (QED) is 0.113. The smallest absolute Gasteiger partial charge is 0.402 e. The highest BCUT2D eigenvalue weighted by Crippen LogP contribution is 2.55. The number of ether oxygens (including phenoxy) is 3. The molecule has 0 radical (unpaired) electrons. The fourth-order valence-corrected chi connectivity index (χ4v) is 6.56. The van der Waals surface area contributed by atoms with Crippen LogP contribution in [0.25, 0.3) is 22.3 Å². The van der Waals surface area contributed by atoms with Gasteiger partial charge in [-0.15, -0.1) is 0 Å². The molecule has 1 fully saturated rings. The van der Waals surface area contributed by atoms with Crippen molar-refractivity contribution in [3.8, 4) is 57.3 Å². The van der Waals surface area contributed by atoms with E-state index in [1.54, 1.807) is 0 Å². The van der Waals surface area contributed by atoms with E-state index in [2.05, 4.69) is 0 Å². The molecule has 2 aliphatic rings. The van der Waals surface area contributed by atoms with Crippen molar-refractivity contribution in [2.75, 3.05) is 6.61 Å². The largest absolute Gasteiger partial charge is 0.508 e. The Kier molecular flexibility index (Phi) is 8.62. The lowest BCUT2D eigenvalue weighted by molar-refractivity contribution is -0.277. The van der Waals surface area contributed by atoms with Crippen LogP contribution in [0.4, 0.5) is 0 Å². The summed E-state index contributed by atoms with van der Waals surface area (Å²) in [6, 6.07) is 15.8. The number of phenols is 6. The average Bonchev–Trinajstić information content (AvgIpc) is 3.10. The van der Waals surface area contributed by atoms with Gasteiger partial charge in [-0.2, -0.15) is 0 Å². The van der Waals surface area contributed by atoms with Crippen molar-refractivity contribution in [3.05, 3.63) is 89.5 Å². The van der Waals surface area contributed by atoms with Crippen LogP contribution in [0, 0.1) is 0 Å². The third-order valence-electron chi connectivity index (χ3n) is 9.09. The molecule has 1 unspecified atom stereocenters. The SMILES string of the molecule is OC[C@H]1O[C@@H](Oc2cc3c(O)cc(O)c(C4c5c(O)cc(O)cc5O[C@H](c5ccc(O)cc5)[C@@H]4O)c3[o+]c2-c2ccc(O)cc2)[C@H](O)[C@@H](O)[C@@H]1O. The number of aliphatic hydroxyl groups is 5. The molecule has 1 saturated heterocycles. The normalized spacial score (nSPS) is 26.0. The molecule has 8 atom stereocenters. The van der Waals surface area contributed by atoms with E-state index in [9.17, 15) is 56.2 Å². The zero-order valence-corrected chi connectivity index (χ0v) is 26.3. The summed E-state index contributed by atoms with van der Waals surface area (Å²) in [5.41, 5.74) is 0.249. The summed E-state index contributed by atoms with van der Waals surface area (Å²) >= 11 is 0. The molecule has 1 aromatic heterocycles. The molecule has 0 aliphatic carbocycles. The molecule has 3 heterocycles. The van der Waals surface area contributed by atoms with Crippen LogP contribution in [0.5, 0.6) is 46.0 Å². The van der Waals surface area contributed by atoms with Gasteiger partial charge in [-0.1, -0.05) is 12.1 Å². The van der Waals surface area contributed by atoms with Crippen LogP contribution in [0.3, 0.4) is 0 Å². The van der Waals surface area contributed by atoms with Crippen molar-refractivity contribution < 1.29 is 74.8 Å². The van der Waals surface area contributed by atoms with E-state index in [-0.39, 0.29) is 62.2 Å². The number of benzene rings is 4. The van der Waals surface area contributed by atoms with E-state index in [1.807, 2.05) is 0 Å². The second kappa shape index (κ2) is 13.0. The zero-order chi connectivity index (χ0) is 36.3. The van der Waals surface area contributed by atoms with E-state index in [0.717, 1.165) is 12.1 Å². The van der Waals surface area contributed by atoms with Crippen molar-refractivity contribution in [3.63, 3.8) is 0 Å². The average molecular weight is 706 g/mol. The summed E-state index contributed by atoms with van der Waals surface area (Å²) in [5.74, 6) is -3.86. The Morgan fingerprint density at radius 1 is 0.647 bits per heavy atom. The van der Waals surface area contributed by atoms with E-state index in [1.165, 1.54) is 60.7 Å². The molecule has 0 spiro atoms. The summed E-state index contributed by atoms with van der Waals surface area (Å²) in [7, 11) is 0. The van der Waals surface area contributed by atoms with Crippen molar-refractivity contribution in [2.24, 2.45) is 0 Å². The molecule has 15 heteroatoms. The summed E-state index contributed by atoms with van der Waals surface area (Å²) in [5, 5.41) is 117. The lowest BCUT2D eigenvalue weighted by Gasteiger charge is -2.39. The van der Waals surface area contributed by atoms with Crippen molar-refractivity contribution in [2.45, 2.75) is 48.8 Å². The number of phenolic OH excluding ortho intramolecular Hbond substituents is 6. The van der Waals surface area contributed by atoms with Gasteiger partial charge in [0.15, 0.2) is 6.10 Å². The van der Waals surface area contributed by atoms with Crippen LogP contribution in [0.1, 0.15) is 28.7 Å². The predicted octanol–water partition coefficient (Wildman–Crippen LogP) is 2.42. The van der Waals surface area contributed by atoms with Gasteiger partial charge in [0.05, 0.1) is 18.1 Å². The van der Waals surface area contributed by atoms with Gasteiger partial charge < -0.3 is 70.4 Å². The maximum Gasteiger partial charge on any atom is 0.402 e. The minimum atomic E-state index is -1.82. The Hall–Kier alpha value is -5.55. The second-order valence-corrected chi connectivity index (χ2v) is 12.3. The first kappa shape index (κ1) is 33.9. The van der Waals surface area contributed by atoms with Gasteiger partial charge in [0.2, 0.25) is 12.0 Å². The summed E-state index contributed by atoms with van der Waals surface area (Å²) < 4.78 is 23.9. The van der Waals surface area contributed by atoms with Crippen LogP contribution < -0.4 is 9.47 Å². The van der Waals surface area contributed by atoms with E-state index in [0.29, 0.717) is 5.56 Å².